The van der Waals surface area contributed by atoms with Crippen LogP contribution in [0.5, 0.6) is 5.75 Å². The first-order chi connectivity index (χ1) is 15.2. The lowest BCUT2D eigenvalue weighted by Gasteiger charge is -2.31. The number of hydrogen-bond donors (Lipinski definition) is 1. The Hall–Kier alpha value is -2.74. The molecule has 3 aromatic rings. The van der Waals surface area contributed by atoms with Crippen molar-refractivity contribution in [1.29, 1.82) is 0 Å². The minimum Gasteiger partial charge on any atom is -0.492 e. The number of H-pyrrole nitrogens is 1. The summed E-state index contributed by atoms with van der Waals surface area (Å²) in [6.07, 6.45) is 9.16. The lowest BCUT2D eigenvalue weighted by Crippen LogP contribution is -2.37. The number of nitrogens with one attached hydrogen (secondary N) is 1. The lowest BCUT2D eigenvalue weighted by molar-refractivity contribution is 0.155. The molecule has 4 heteroatoms. The fourth-order valence-corrected chi connectivity index (χ4v) is 4.50. The molecule has 0 bridgehead atoms. The molecule has 0 spiro atoms. The van der Waals surface area contributed by atoms with Crippen LogP contribution in [0.2, 0.25) is 0 Å². The highest BCUT2D eigenvalue weighted by Crippen LogP contribution is 2.23. The third-order valence-electron chi connectivity index (χ3n) is 6.20. The Morgan fingerprint density at radius 2 is 1.94 bits per heavy atom. The van der Waals surface area contributed by atoms with E-state index in [2.05, 4.69) is 75.3 Å². The Balaban J connectivity index is 1.21. The second-order valence-corrected chi connectivity index (χ2v) is 8.74. The zero-order valence-corrected chi connectivity index (χ0v) is 18.5. The van der Waals surface area contributed by atoms with Gasteiger partial charge in [-0.2, -0.15) is 0 Å². The van der Waals surface area contributed by atoms with Crippen LogP contribution in [0.15, 0.2) is 54.6 Å². The minimum atomic E-state index is 0.646. The highest BCUT2D eigenvalue weighted by molar-refractivity contribution is 5.81. The number of likely N-dealkylation sites (tertiary alicyclic amines) is 1. The number of rotatable bonds is 9. The number of hydrogen-bond acceptors (Lipinski definition) is 3. The van der Waals surface area contributed by atoms with E-state index in [-0.39, 0.29) is 0 Å². The Morgan fingerprint density at radius 1 is 1.13 bits per heavy atom. The number of terminal acetylenes is 1. The molecule has 1 N–H and O–H groups in total. The summed E-state index contributed by atoms with van der Waals surface area (Å²) in [5, 5.41) is 1.18. The highest BCUT2D eigenvalue weighted by atomic mass is 16.5. The predicted octanol–water partition coefficient (Wildman–Crippen LogP) is 4.57. The minimum absolute atomic E-state index is 0.646. The van der Waals surface area contributed by atoms with Gasteiger partial charge in [-0.25, -0.2) is 0 Å². The van der Waals surface area contributed by atoms with Gasteiger partial charge in [0.05, 0.1) is 6.54 Å². The average Bonchev–Trinajstić information content (AvgIpc) is 3.17. The van der Waals surface area contributed by atoms with E-state index in [1.54, 1.807) is 0 Å². The van der Waals surface area contributed by atoms with Crippen molar-refractivity contribution in [1.82, 2.24) is 14.8 Å². The van der Waals surface area contributed by atoms with Gasteiger partial charge in [0.15, 0.2) is 0 Å². The third kappa shape index (κ3) is 6.13. The van der Waals surface area contributed by atoms with Crippen LogP contribution >= 0.6 is 0 Å². The molecule has 0 atom stereocenters. The Kier molecular flexibility index (Phi) is 7.30. The van der Waals surface area contributed by atoms with Crippen molar-refractivity contribution < 1.29 is 4.74 Å². The SMILES string of the molecule is C#CCN(C)Cc1cc2cc(OCCN3CCC(Cc4ccccc4)CC3)ccc2[nH]1. The van der Waals surface area contributed by atoms with Crippen molar-refractivity contribution >= 4 is 10.9 Å². The van der Waals surface area contributed by atoms with Gasteiger partial charge in [-0.15, -0.1) is 6.42 Å². The van der Waals surface area contributed by atoms with Crippen LogP contribution in [-0.4, -0.2) is 54.6 Å². The molecule has 4 rings (SSSR count). The van der Waals surface area contributed by atoms with Crippen molar-refractivity contribution in [3.8, 4) is 18.1 Å². The highest BCUT2D eigenvalue weighted by Gasteiger charge is 2.19. The molecule has 2 heterocycles. The lowest BCUT2D eigenvalue weighted by atomic mass is 9.90. The summed E-state index contributed by atoms with van der Waals surface area (Å²) in [6, 6.07) is 19.4. The molecule has 0 amide bonds. The molecule has 1 aliphatic rings. The maximum atomic E-state index is 6.08. The van der Waals surface area contributed by atoms with Crippen molar-refractivity contribution in [3.63, 3.8) is 0 Å². The normalized spacial score (nSPS) is 15.4. The summed E-state index contributed by atoms with van der Waals surface area (Å²) < 4.78 is 6.08. The van der Waals surface area contributed by atoms with Gasteiger partial charge in [-0.3, -0.25) is 9.80 Å². The van der Waals surface area contributed by atoms with E-state index in [4.69, 9.17) is 11.2 Å². The van der Waals surface area contributed by atoms with Gasteiger partial charge in [-0.1, -0.05) is 36.3 Å². The van der Waals surface area contributed by atoms with Crippen molar-refractivity contribution in [2.75, 3.05) is 39.8 Å². The van der Waals surface area contributed by atoms with Gasteiger partial charge >= 0.3 is 0 Å². The smallest absolute Gasteiger partial charge is 0.120 e. The van der Waals surface area contributed by atoms with Crippen LogP contribution in [0, 0.1) is 18.3 Å². The molecular formula is C27H33N3O. The van der Waals surface area contributed by atoms with Gasteiger partial charge in [0.2, 0.25) is 0 Å². The molecule has 0 radical (unpaired) electrons. The van der Waals surface area contributed by atoms with Gasteiger partial charge in [0, 0.05) is 29.7 Å². The summed E-state index contributed by atoms with van der Waals surface area (Å²) in [6.45, 7) is 5.53. The molecule has 162 valence electrons. The Labute approximate surface area is 186 Å². The fraction of sp³-hybridized carbons (Fsp3) is 0.407. The topological polar surface area (TPSA) is 31.5 Å². The van der Waals surface area contributed by atoms with Gasteiger partial charge in [-0.05, 0) is 75.1 Å². The molecule has 0 saturated carbocycles. The zero-order valence-electron chi connectivity index (χ0n) is 18.5. The number of piperidine rings is 1. The number of fused-ring (bicyclic) bond motifs is 1. The van der Waals surface area contributed by atoms with Crippen LogP contribution < -0.4 is 4.74 Å². The fourth-order valence-electron chi connectivity index (χ4n) is 4.50. The van der Waals surface area contributed by atoms with Gasteiger partial charge in [0.1, 0.15) is 12.4 Å². The van der Waals surface area contributed by atoms with E-state index in [1.807, 2.05) is 7.05 Å². The first-order valence-corrected chi connectivity index (χ1v) is 11.3. The Morgan fingerprint density at radius 3 is 2.71 bits per heavy atom. The third-order valence-corrected chi connectivity index (χ3v) is 6.20. The van der Waals surface area contributed by atoms with E-state index in [0.29, 0.717) is 6.54 Å². The monoisotopic (exact) mass is 415 g/mol. The first-order valence-electron chi connectivity index (χ1n) is 11.3. The summed E-state index contributed by atoms with van der Waals surface area (Å²) in [5.41, 5.74) is 3.77. The van der Waals surface area contributed by atoms with E-state index < -0.39 is 0 Å². The number of aromatic nitrogens is 1. The molecule has 1 fully saturated rings. The summed E-state index contributed by atoms with van der Waals surface area (Å²) in [5.74, 6) is 4.43. The molecule has 0 unspecified atom stereocenters. The maximum absolute atomic E-state index is 6.08. The quantitative estimate of drug-likeness (QED) is 0.520. The molecule has 1 saturated heterocycles. The average molecular weight is 416 g/mol. The molecular weight excluding hydrogens is 382 g/mol. The van der Waals surface area contributed by atoms with Crippen LogP contribution in [0.1, 0.15) is 24.1 Å². The van der Waals surface area contributed by atoms with Crippen LogP contribution in [0.4, 0.5) is 0 Å². The molecule has 31 heavy (non-hydrogen) atoms. The van der Waals surface area contributed by atoms with Gasteiger partial charge < -0.3 is 9.72 Å². The first kappa shape index (κ1) is 21.5. The van der Waals surface area contributed by atoms with E-state index in [1.165, 1.54) is 49.0 Å². The van der Waals surface area contributed by atoms with E-state index in [0.717, 1.165) is 36.9 Å². The van der Waals surface area contributed by atoms with E-state index in [9.17, 15) is 0 Å². The maximum Gasteiger partial charge on any atom is 0.120 e. The summed E-state index contributed by atoms with van der Waals surface area (Å²) in [7, 11) is 2.03. The van der Waals surface area contributed by atoms with Crippen LogP contribution in [-0.2, 0) is 13.0 Å². The van der Waals surface area contributed by atoms with Gasteiger partial charge in [0.25, 0.3) is 0 Å². The molecule has 2 aromatic carbocycles. The van der Waals surface area contributed by atoms with E-state index >= 15 is 0 Å². The summed E-state index contributed by atoms with van der Waals surface area (Å²) >= 11 is 0. The standard InChI is InChI=1S/C27H33N3O/c1-3-13-29(2)21-25-19-24-20-26(9-10-27(24)28-25)31-17-16-30-14-11-23(12-15-30)18-22-7-5-4-6-8-22/h1,4-10,19-20,23,28H,11-18,21H2,2H3. The number of aromatic amines is 1. The molecule has 4 nitrogen and oxygen atoms in total. The molecule has 1 aliphatic heterocycles. The number of benzene rings is 2. The van der Waals surface area contributed by atoms with Crippen molar-refractivity contribution in [2.45, 2.75) is 25.8 Å². The number of nitrogens with zero attached hydrogens (tertiary/aromatic N) is 2. The van der Waals surface area contributed by atoms with Crippen LogP contribution in [0.3, 0.4) is 0 Å². The second-order valence-electron chi connectivity index (χ2n) is 8.74. The second kappa shape index (κ2) is 10.5. The van der Waals surface area contributed by atoms with Crippen molar-refractivity contribution in [2.24, 2.45) is 5.92 Å². The summed E-state index contributed by atoms with van der Waals surface area (Å²) in [4.78, 5) is 8.12. The Bertz CT molecular complexity index is 996. The number of ether oxygens (including phenoxy) is 1. The van der Waals surface area contributed by atoms with Crippen LogP contribution in [0.25, 0.3) is 10.9 Å². The van der Waals surface area contributed by atoms with Crippen molar-refractivity contribution in [3.05, 3.63) is 65.9 Å². The largest absolute Gasteiger partial charge is 0.492 e. The molecule has 0 aliphatic carbocycles. The molecule has 1 aromatic heterocycles. The predicted molar refractivity (Wildman–Crippen MR) is 128 cm³/mol. The zero-order chi connectivity index (χ0) is 21.5.